The second-order valence-electron chi connectivity index (χ2n) is 6.08. The summed E-state index contributed by atoms with van der Waals surface area (Å²) in [5.41, 5.74) is 7.48. The van der Waals surface area contributed by atoms with Gasteiger partial charge in [0.2, 0.25) is 0 Å². The third-order valence-electron chi connectivity index (χ3n) is 3.42. The van der Waals surface area contributed by atoms with Gasteiger partial charge < -0.3 is 20.5 Å². The molecule has 4 nitrogen and oxygen atoms in total. The molecule has 3 aromatic carbocycles. The molecule has 0 fully saturated rings. The molecule has 0 spiro atoms. The molecule has 0 heterocycles. The number of hydrogen-bond acceptors (Lipinski definition) is 4. The summed E-state index contributed by atoms with van der Waals surface area (Å²) in [6.45, 7) is 4.20. The summed E-state index contributed by atoms with van der Waals surface area (Å²) < 4.78 is 11.8. The Kier molecular flexibility index (Phi) is 5.09. The Morgan fingerprint density at radius 2 is 1.24 bits per heavy atom. The third-order valence-corrected chi connectivity index (χ3v) is 3.42. The maximum absolute atomic E-state index is 5.96. The predicted octanol–water partition coefficient (Wildman–Crippen LogP) is 5.67. The van der Waals surface area contributed by atoms with Crippen molar-refractivity contribution >= 4 is 11.4 Å². The minimum absolute atomic E-state index is 0.366. The first-order valence-corrected chi connectivity index (χ1v) is 8.26. The van der Waals surface area contributed by atoms with Gasteiger partial charge in [-0.2, -0.15) is 0 Å². The first-order valence-electron chi connectivity index (χ1n) is 8.26. The number of hydrogen-bond donors (Lipinski definition) is 2. The molecule has 3 rings (SSSR count). The van der Waals surface area contributed by atoms with E-state index in [1.54, 1.807) is 6.07 Å². The molecule has 3 aromatic rings. The lowest BCUT2D eigenvalue weighted by atomic mass is 10.2. The molecule has 0 radical (unpaired) electrons. The van der Waals surface area contributed by atoms with Crippen molar-refractivity contribution in [3.63, 3.8) is 0 Å². The molecular weight excluding hydrogens is 312 g/mol. The Hall–Kier alpha value is -3.14. The zero-order chi connectivity index (χ0) is 17.6. The Labute approximate surface area is 148 Å². The fraction of sp³-hybridized carbons (Fsp3) is 0.143. The number of anilines is 2. The number of nitrogen functional groups attached to an aromatic ring is 1. The number of ether oxygens (including phenoxy) is 2. The molecule has 4 heteroatoms. The third kappa shape index (κ3) is 4.91. The summed E-state index contributed by atoms with van der Waals surface area (Å²) in [7, 11) is 0. The van der Waals surface area contributed by atoms with Crippen molar-refractivity contribution in [1.29, 1.82) is 0 Å². The van der Waals surface area contributed by atoms with Crippen molar-refractivity contribution in [2.45, 2.75) is 19.9 Å². The van der Waals surface area contributed by atoms with Gasteiger partial charge in [0.05, 0.1) is 0 Å². The molecule has 0 saturated heterocycles. The van der Waals surface area contributed by atoms with E-state index in [-0.39, 0.29) is 0 Å². The van der Waals surface area contributed by atoms with Crippen LogP contribution >= 0.6 is 0 Å². The van der Waals surface area contributed by atoms with Crippen LogP contribution in [0.3, 0.4) is 0 Å². The summed E-state index contributed by atoms with van der Waals surface area (Å²) in [6.07, 6.45) is 0. The van der Waals surface area contributed by atoms with Crippen LogP contribution in [-0.2, 0) is 0 Å². The van der Waals surface area contributed by atoms with Crippen molar-refractivity contribution in [3.8, 4) is 23.0 Å². The molecular formula is C21H22N2O2. The standard InChI is InChI=1S/C21H22N2O2/c1-15(2)23-17-7-4-9-19(13-17)25-21-11-5-10-20(14-21)24-18-8-3-6-16(22)12-18/h3-15,23H,22H2,1-2H3. The van der Waals surface area contributed by atoms with Gasteiger partial charge in [-0.1, -0.05) is 18.2 Å². The first-order chi connectivity index (χ1) is 12.1. The van der Waals surface area contributed by atoms with E-state index in [1.165, 1.54) is 0 Å². The van der Waals surface area contributed by atoms with Gasteiger partial charge in [0.15, 0.2) is 0 Å². The summed E-state index contributed by atoms with van der Waals surface area (Å²) in [4.78, 5) is 0. The Morgan fingerprint density at radius 1 is 0.720 bits per heavy atom. The van der Waals surface area contributed by atoms with Gasteiger partial charge >= 0.3 is 0 Å². The van der Waals surface area contributed by atoms with Gasteiger partial charge in [0.25, 0.3) is 0 Å². The predicted molar refractivity (Wildman–Crippen MR) is 103 cm³/mol. The van der Waals surface area contributed by atoms with E-state index in [1.807, 2.05) is 66.7 Å². The lowest BCUT2D eigenvalue weighted by molar-refractivity contribution is 0.460. The Bertz CT molecular complexity index is 847. The maximum Gasteiger partial charge on any atom is 0.131 e. The minimum Gasteiger partial charge on any atom is -0.457 e. The molecule has 0 saturated carbocycles. The molecule has 0 aliphatic rings. The van der Waals surface area contributed by atoms with Crippen LogP contribution in [-0.4, -0.2) is 6.04 Å². The van der Waals surface area contributed by atoms with Crippen molar-refractivity contribution in [1.82, 2.24) is 0 Å². The number of benzene rings is 3. The normalized spacial score (nSPS) is 10.5. The van der Waals surface area contributed by atoms with Gasteiger partial charge in [-0.3, -0.25) is 0 Å². The average Bonchev–Trinajstić information content (AvgIpc) is 2.55. The molecule has 0 atom stereocenters. The summed E-state index contributed by atoms with van der Waals surface area (Å²) in [6, 6.07) is 23.1. The lowest BCUT2D eigenvalue weighted by Crippen LogP contribution is -2.09. The highest BCUT2D eigenvalue weighted by molar-refractivity contribution is 5.50. The van der Waals surface area contributed by atoms with Crippen LogP contribution in [0.5, 0.6) is 23.0 Å². The molecule has 128 valence electrons. The fourth-order valence-electron chi connectivity index (χ4n) is 2.43. The summed E-state index contributed by atoms with van der Waals surface area (Å²) in [5, 5.41) is 3.36. The van der Waals surface area contributed by atoms with Gasteiger partial charge in [-0.25, -0.2) is 0 Å². The second-order valence-corrected chi connectivity index (χ2v) is 6.08. The molecule has 3 N–H and O–H groups in total. The maximum atomic E-state index is 5.96. The van der Waals surface area contributed by atoms with Crippen molar-refractivity contribution in [3.05, 3.63) is 72.8 Å². The fourth-order valence-corrected chi connectivity index (χ4v) is 2.43. The van der Waals surface area contributed by atoms with Crippen LogP contribution in [0.2, 0.25) is 0 Å². The van der Waals surface area contributed by atoms with Gasteiger partial charge in [0, 0.05) is 35.6 Å². The van der Waals surface area contributed by atoms with E-state index in [4.69, 9.17) is 15.2 Å². The molecule has 0 aliphatic heterocycles. The van der Waals surface area contributed by atoms with Gasteiger partial charge in [-0.05, 0) is 50.2 Å². The highest BCUT2D eigenvalue weighted by Crippen LogP contribution is 2.30. The molecule has 25 heavy (non-hydrogen) atoms. The van der Waals surface area contributed by atoms with E-state index >= 15 is 0 Å². The largest absolute Gasteiger partial charge is 0.457 e. The van der Waals surface area contributed by atoms with Crippen LogP contribution in [0.25, 0.3) is 0 Å². The highest BCUT2D eigenvalue weighted by atomic mass is 16.5. The van der Waals surface area contributed by atoms with Crippen LogP contribution < -0.4 is 20.5 Å². The molecule has 0 unspecified atom stereocenters. The van der Waals surface area contributed by atoms with E-state index < -0.39 is 0 Å². The SMILES string of the molecule is CC(C)Nc1cccc(Oc2cccc(Oc3cccc(N)c3)c2)c1. The van der Waals surface area contributed by atoms with E-state index in [9.17, 15) is 0 Å². The van der Waals surface area contributed by atoms with Gasteiger partial charge in [-0.15, -0.1) is 0 Å². The lowest BCUT2D eigenvalue weighted by Gasteiger charge is -2.12. The van der Waals surface area contributed by atoms with Crippen molar-refractivity contribution in [2.75, 3.05) is 11.1 Å². The van der Waals surface area contributed by atoms with Crippen LogP contribution in [0.15, 0.2) is 72.8 Å². The number of nitrogens with two attached hydrogens (primary N) is 1. The molecule has 0 aromatic heterocycles. The zero-order valence-electron chi connectivity index (χ0n) is 14.4. The smallest absolute Gasteiger partial charge is 0.131 e. The van der Waals surface area contributed by atoms with E-state index in [0.29, 0.717) is 29.0 Å². The molecule has 0 amide bonds. The first kappa shape index (κ1) is 16.7. The Balaban J connectivity index is 1.73. The van der Waals surface area contributed by atoms with E-state index in [2.05, 4.69) is 19.2 Å². The summed E-state index contributed by atoms with van der Waals surface area (Å²) in [5.74, 6) is 2.87. The second kappa shape index (κ2) is 7.62. The molecule has 0 aliphatic carbocycles. The monoisotopic (exact) mass is 334 g/mol. The zero-order valence-corrected chi connectivity index (χ0v) is 14.4. The minimum atomic E-state index is 0.366. The topological polar surface area (TPSA) is 56.5 Å². The summed E-state index contributed by atoms with van der Waals surface area (Å²) >= 11 is 0. The average molecular weight is 334 g/mol. The number of nitrogens with one attached hydrogen (secondary N) is 1. The van der Waals surface area contributed by atoms with Crippen LogP contribution in [0, 0.1) is 0 Å². The van der Waals surface area contributed by atoms with E-state index in [0.717, 1.165) is 11.4 Å². The van der Waals surface area contributed by atoms with Crippen molar-refractivity contribution in [2.24, 2.45) is 0 Å². The van der Waals surface area contributed by atoms with Gasteiger partial charge in [0.1, 0.15) is 23.0 Å². The van der Waals surface area contributed by atoms with Crippen LogP contribution in [0.4, 0.5) is 11.4 Å². The Morgan fingerprint density at radius 3 is 1.84 bits per heavy atom. The quantitative estimate of drug-likeness (QED) is 0.570. The van der Waals surface area contributed by atoms with Crippen molar-refractivity contribution < 1.29 is 9.47 Å². The molecule has 0 bridgehead atoms. The van der Waals surface area contributed by atoms with Crippen LogP contribution in [0.1, 0.15) is 13.8 Å². The number of rotatable bonds is 6. The highest BCUT2D eigenvalue weighted by Gasteiger charge is 2.03.